The van der Waals surface area contributed by atoms with Gasteiger partial charge in [0.2, 0.25) is 5.89 Å². The number of benzene rings is 1. The summed E-state index contributed by atoms with van der Waals surface area (Å²) in [6, 6.07) is 9.59. The Balaban J connectivity index is 1.45. The molecule has 4 heteroatoms. The fraction of sp³-hybridized carbons (Fsp3) is 0.600. The van der Waals surface area contributed by atoms with Gasteiger partial charge in [-0.3, -0.25) is 0 Å². The van der Waals surface area contributed by atoms with Crippen molar-refractivity contribution in [2.24, 2.45) is 0 Å². The first kappa shape index (κ1) is 17.2. The molecule has 2 aromatic rings. The van der Waals surface area contributed by atoms with Gasteiger partial charge in [-0.2, -0.15) is 4.98 Å². The fourth-order valence-electron chi connectivity index (χ4n) is 3.40. The van der Waals surface area contributed by atoms with Crippen molar-refractivity contribution < 1.29 is 4.52 Å². The molecule has 1 aliphatic carbocycles. The molecule has 0 radical (unpaired) electrons. The molecule has 0 atom stereocenters. The maximum absolute atomic E-state index is 5.41. The Morgan fingerprint density at radius 2 is 1.83 bits per heavy atom. The van der Waals surface area contributed by atoms with Gasteiger partial charge in [0.25, 0.3) is 0 Å². The summed E-state index contributed by atoms with van der Waals surface area (Å²) in [6.45, 7) is 7.48. The molecule has 0 saturated heterocycles. The lowest BCUT2D eigenvalue weighted by Crippen LogP contribution is -2.32. The Bertz CT molecular complexity index is 625. The summed E-state index contributed by atoms with van der Waals surface area (Å²) >= 11 is 0. The molecule has 0 spiro atoms. The highest BCUT2D eigenvalue weighted by atomic mass is 16.5. The molecule has 0 aliphatic heterocycles. The summed E-state index contributed by atoms with van der Waals surface area (Å²) in [4.78, 5) is 4.50. The average Bonchev–Trinajstić information content (AvgIpc) is 3.10. The smallest absolute Gasteiger partial charge is 0.229 e. The van der Waals surface area contributed by atoms with Gasteiger partial charge >= 0.3 is 0 Å². The zero-order valence-corrected chi connectivity index (χ0v) is 15.1. The second kappa shape index (κ2) is 7.93. The van der Waals surface area contributed by atoms with Gasteiger partial charge in [-0.1, -0.05) is 50.2 Å². The molecule has 1 aromatic heterocycles. The van der Waals surface area contributed by atoms with Crippen LogP contribution in [0.3, 0.4) is 0 Å². The highest BCUT2D eigenvalue weighted by molar-refractivity contribution is 5.24. The number of aromatic nitrogens is 2. The second-order valence-corrected chi connectivity index (χ2v) is 7.23. The van der Waals surface area contributed by atoms with Crippen LogP contribution in [-0.4, -0.2) is 16.2 Å². The van der Waals surface area contributed by atoms with E-state index in [2.05, 4.69) is 60.5 Å². The summed E-state index contributed by atoms with van der Waals surface area (Å²) in [5.74, 6) is 2.71. The average molecular weight is 327 g/mol. The molecule has 130 valence electrons. The molecule has 1 fully saturated rings. The number of nitrogens with one attached hydrogen (secondary N) is 1. The van der Waals surface area contributed by atoms with E-state index in [1.807, 2.05) is 0 Å². The van der Waals surface area contributed by atoms with E-state index in [1.54, 1.807) is 0 Å². The van der Waals surface area contributed by atoms with E-state index in [0.29, 0.717) is 17.9 Å². The summed E-state index contributed by atoms with van der Waals surface area (Å²) in [5, 5.41) is 7.73. The molecule has 0 amide bonds. The number of aryl methyl sites for hydroxylation is 1. The quantitative estimate of drug-likeness (QED) is 0.844. The lowest BCUT2D eigenvalue weighted by atomic mass is 9.86. The third kappa shape index (κ3) is 4.23. The zero-order chi connectivity index (χ0) is 16.9. The monoisotopic (exact) mass is 327 g/mol. The highest BCUT2D eigenvalue weighted by Crippen LogP contribution is 2.32. The molecule has 4 nitrogen and oxygen atoms in total. The van der Waals surface area contributed by atoms with Gasteiger partial charge in [0.15, 0.2) is 5.82 Å². The van der Waals surface area contributed by atoms with Crippen LogP contribution in [0, 0.1) is 0 Å². The van der Waals surface area contributed by atoms with Crippen LogP contribution in [-0.2, 0) is 13.0 Å². The van der Waals surface area contributed by atoms with Gasteiger partial charge < -0.3 is 9.84 Å². The van der Waals surface area contributed by atoms with Crippen LogP contribution in [0.15, 0.2) is 28.8 Å². The molecule has 1 heterocycles. The predicted molar refractivity (Wildman–Crippen MR) is 96.0 cm³/mol. The minimum atomic E-state index is 0.446. The van der Waals surface area contributed by atoms with Crippen molar-refractivity contribution in [2.75, 3.05) is 0 Å². The number of rotatable bonds is 6. The molecule has 24 heavy (non-hydrogen) atoms. The van der Waals surface area contributed by atoms with Crippen LogP contribution in [0.25, 0.3) is 0 Å². The molecule has 1 N–H and O–H groups in total. The Hall–Kier alpha value is -1.68. The van der Waals surface area contributed by atoms with Gasteiger partial charge in [0.05, 0.1) is 0 Å². The van der Waals surface area contributed by atoms with Crippen molar-refractivity contribution in [3.05, 3.63) is 47.1 Å². The van der Waals surface area contributed by atoms with E-state index >= 15 is 0 Å². The van der Waals surface area contributed by atoms with Gasteiger partial charge in [-0.05, 0) is 42.7 Å². The van der Waals surface area contributed by atoms with Crippen molar-refractivity contribution in [1.29, 1.82) is 0 Å². The van der Waals surface area contributed by atoms with E-state index in [-0.39, 0.29) is 0 Å². The van der Waals surface area contributed by atoms with Gasteiger partial charge in [-0.15, -0.1) is 0 Å². The third-order valence-electron chi connectivity index (χ3n) is 5.12. The Morgan fingerprint density at radius 1 is 1.12 bits per heavy atom. The first-order valence-electron chi connectivity index (χ1n) is 9.30. The Morgan fingerprint density at radius 3 is 2.42 bits per heavy atom. The van der Waals surface area contributed by atoms with Crippen molar-refractivity contribution >= 4 is 0 Å². The minimum Gasteiger partial charge on any atom is -0.339 e. The molecule has 1 aromatic carbocycles. The maximum atomic E-state index is 5.41. The second-order valence-electron chi connectivity index (χ2n) is 7.23. The van der Waals surface area contributed by atoms with E-state index in [0.717, 1.165) is 37.5 Å². The summed E-state index contributed by atoms with van der Waals surface area (Å²) < 4.78 is 5.41. The number of hydrogen-bond acceptors (Lipinski definition) is 4. The van der Waals surface area contributed by atoms with E-state index < -0.39 is 0 Å². The Kier molecular flexibility index (Phi) is 5.67. The molecule has 0 bridgehead atoms. The predicted octanol–water partition coefficient (Wildman–Crippen LogP) is 4.57. The highest BCUT2D eigenvalue weighted by Gasteiger charge is 2.26. The van der Waals surface area contributed by atoms with Gasteiger partial charge in [0.1, 0.15) is 0 Å². The van der Waals surface area contributed by atoms with E-state index in [1.165, 1.54) is 24.0 Å². The SMILES string of the molecule is CCc1noc(C2CCC(NCc3ccc(C(C)C)cc3)CC2)n1. The van der Waals surface area contributed by atoms with Crippen molar-refractivity contribution in [2.45, 2.75) is 77.3 Å². The number of nitrogens with zero attached hydrogens (tertiary/aromatic N) is 2. The van der Waals surface area contributed by atoms with E-state index in [4.69, 9.17) is 4.52 Å². The molecular formula is C20H29N3O. The summed E-state index contributed by atoms with van der Waals surface area (Å²) in [6.07, 6.45) is 5.47. The topological polar surface area (TPSA) is 51.0 Å². The normalized spacial score (nSPS) is 21.3. The molecular weight excluding hydrogens is 298 g/mol. The third-order valence-corrected chi connectivity index (χ3v) is 5.12. The molecule has 1 saturated carbocycles. The van der Waals surface area contributed by atoms with Crippen LogP contribution in [0.2, 0.25) is 0 Å². The van der Waals surface area contributed by atoms with Crippen LogP contribution >= 0.6 is 0 Å². The standard InChI is InChI=1S/C20H29N3O/c1-4-19-22-20(24-23-19)17-9-11-18(12-10-17)21-13-15-5-7-16(8-6-15)14(2)3/h5-8,14,17-18,21H,4,9-13H2,1-3H3. The minimum absolute atomic E-state index is 0.446. The first-order valence-corrected chi connectivity index (χ1v) is 9.30. The fourth-order valence-corrected chi connectivity index (χ4v) is 3.40. The molecule has 0 unspecified atom stereocenters. The lowest BCUT2D eigenvalue weighted by molar-refractivity contribution is 0.281. The zero-order valence-electron chi connectivity index (χ0n) is 15.1. The lowest BCUT2D eigenvalue weighted by Gasteiger charge is -2.27. The summed E-state index contributed by atoms with van der Waals surface area (Å²) in [7, 11) is 0. The summed E-state index contributed by atoms with van der Waals surface area (Å²) in [5.41, 5.74) is 2.77. The van der Waals surface area contributed by atoms with Crippen LogP contribution in [0.5, 0.6) is 0 Å². The number of hydrogen-bond donors (Lipinski definition) is 1. The Labute approximate surface area is 145 Å². The first-order chi connectivity index (χ1) is 11.7. The molecule has 3 rings (SSSR count). The van der Waals surface area contributed by atoms with Crippen LogP contribution < -0.4 is 5.32 Å². The largest absolute Gasteiger partial charge is 0.339 e. The van der Waals surface area contributed by atoms with E-state index in [9.17, 15) is 0 Å². The maximum Gasteiger partial charge on any atom is 0.229 e. The molecule has 1 aliphatic rings. The van der Waals surface area contributed by atoms with Gasteiger partial charge in [-0.25, -0.2) is 0 Å². The van der Waals surface area contributed by atoms with Crippen LogP contribution in [0.4, 0.5) is 0 Å². The van der Waals surface area contributed by atoms with Crippen LogP contribution in [0.1, 0.15) is 81.1 Å². The van der Waals surface area contributed by atoms with Gasteiger partial charge in [0, 0.05) is 24.9 Å². The van der Waals surface area contributed by atoms with Crippen molar-refractivity contribution in [3.63, 3.8) is 0 Å². The van der Waals surface area contributed by atoms with Crippen molar-refractivity contribution in [3.8, 4) is 0 Å². The van der Waals surface area contributed by atoms with Crippen molar-refractivity contribution in [1.82, 2.24) is 15.5 Å².